The van der Waals surface area contributed by atoms with E-state index < -0.39 is 5.97 Å². The molecule has 0 saturated carbocycles. The number of aromatic nitrogens is 2. The van der Waals surface area contributed by atoms with E-state index >= 15 is 0 Å². The van der Waals surface area contributed by atoms with Gasteiger partial charge >= 0.3 is 5.97 Å². The van der Waals surface area contributed by atoms with Crippen molar-refractivity contribution >= 4 is 5.97 Å². The first-order valence-electron chi connectivity index (χ1n) is 7.98. The normalized spacial score (nSPS) is 10.6. The minimum Gasteiger partial charge on any atom is -0.497 e. The molecule has 0 spiro atoms. The minimum absolute atomic E-state index is 0.386. The molecule has 0 aliphatic heterocycles. The molecule has 0 amide bonds. The molecule has 0 bridgehead atoms. The van der Waals surface area contributed by atoms with E-state index in [1.807, 2.05) is 32.9 Å². The number of benzene rings is 2. The zero-order chi connectivity index (χ0) is 18.0. The monoisotopic (exact) mass is 336 g/mol. The summed E-state index contributed by atoms with van der Waals surface area (Å²) in [7, 11) is 1.56. The summed E-state index contributed by atoms with van der Waals surface area (Å²) < 4.78 is 12.4. The highest BCUT2D eigenvalue weighted by molar-refractivity contribution is 5.91. The van der Waals surface area contributed by atoms with E-state index in [0.717, 1.165) is 16.9 Å². The Bertz CT molecular complexity index is 928. The molecule has 0 aliphatic carbocycles. The van der Waals surface area contributed by atoms with Crippen molar-refractivity contribution in [3.63, 3.8) is 0 Å². The van der Waals surface area contributed by atoms with E-state index in [0.29, 0.717) is 17.2 Å². The Hall–Kier alpha value is -3.08. The summed E-state index contributed by atoms with van der Waals surface area (Å²) in [5.74, 6) is 0.538. The molecule has 0 fully saturated rings. The van der Waals surface area contributed by atoms with Gasteiger partial charge in [0, 0.05) is 6.07 Å². The van der Waals surface area contributed by atoms with Gasteiger partial charge < -0.3 is 9.47 Å². The van der Waals surface area contributed by atoms with Crippen molar-refractivity contribution in [2.75, 3.05) is 7.11 Å². The average molecular weight is 336 g/mol. The number of methoxy groups -OCH3 is 1. The van der Waals surface area contributed by atoms with E-state index in [1.165, 1.54) is 5.56 Å². The lowest BCUT2D eigenvalue weighted by Gasteiger charge is -2.11. The number of rotatable bonds is 4. The topological polar surface area (TPSA) is 53.4 Å². The second kappa shape index (κ2) is 6.81. The summed E-state index contributed by atoms with van der Waals surface area (Å²) in [4.78, 5) is 12.5. The van der Waals surface area contributed by atoms with Gasteiger partial charge in [0.25, 0.3) is 0 Å². The van der Waals surface area contributed by atoms with Crippen LogP contribution >= 0.6 is 0 Å². The molecular formula is C20H20N2O3. The number of carbonyl (C=O) groups is 1. The Labute approximate surface area is 146 Å². The third kappa shape index (κ3) is 3.55. The van der Waals surface area contributed by atoms with Crippen LogP contribution in [0.3, 0.4) is 0 Å². The fourth-order valence-corrected chi connectivity index (χ4v) is 2.67. The molecule has 0 saturated heterocycles. The van der Waals surface area contributed by atoms with Crippen molar-refractivity contribution in [2.45, 2.75) is 20.8 Å². The number of aryl methyl sites for hydroxylation is 3. The molecule has 5 heteroatoms. The molecule has 1 aromatic heterocycles. The second-order valence-electron chi connectivity index (χ2n) is 5.95. The zero-order valence-corrected chi connectivity index (χ0v) is 14.7. The van der Waals surface area contributed by atoms with Gasteiger partial charge in [0.05, 0.1) is 24.1 Å². The highest BCUT2D eigenvalue weighted by Gasteiger charge is 2.16. The number of ether oxygens (including phenoxy) is 2. The van der Waals surface area contributed by atoms with Crippen LogP contribution in [0.4, 0.5) is 0 Å². The SMILES string of the molecule is COc1cccc(C(=O)Oc2cc(C)nn2-c2ccc(C)cc2C)c1. The lowest BCUT2D eigenvalue weighted by atomic mass is 10.1. The Balaban J connectivity index is 1.94. The van der Waals surface area contributed by atoms with E-state index in [2.05, 4.69) is 11.2 Å². The highest BCUT2D eigenvalue weighted by atomic mass is 16.5. The summed E-state index contributed by atoms with van der Waals surface area (Å²) in [5, 5.41) is 4.47. The van der Waals surface area contributed by atoms with Crippen LogP contribution in [-0.4, -0.2) is 22.9 Å². The summed E-state index contributed by atoms with van der Waals surface area (Å²) in [5.41, 5.74) is 4.30. The quantitative estimate of drug-likeness (QED) is 0.675. The van der Waals surface area contributed by atoms with Crippen molar-refractivity contribution in [1.82, 2.24) is 9.78 Å². The van der Waals surface area contributed by atoms with E-state index in [4.69, 9.17) is 9.47 Å². The van der Waals surface area contributed by atoms with Crippen molar-refractivity contribution in [2.24, 2.45) is 0 Å². The molecular weight excluding hydrogens is 316 g/mol. The van der Waals surface area contributed by atoms with Gasteiger partial charge in [0.2, 0.25) is 5.88 Å². The van der Waals surface area contributed by atoms with Gasteiger partial charge in [-0.25, -0.2) is 9.48 Å². The maximum absolute atomic E-state index is 12.5. The van der Waals surface area contributed by atoms with E-state index in [-0.39, 0.29) is 0 Å². The molecule has 0 N–H and O–H groups in total. The first kappa shape index (κ1) is 16.8. The molecule has 0 aliphatic rings. The largest absolute Gasteiger partial charge is 0.497 e. The predicted molar refractivity (Wildman–Crippen MR) is 95.7 cm³/mol. The molecule has 0 unspecified atom stereocenters. The number of esters is 1. The fraction of sp³-hybridized carbons (Fsp3) is 0.200. The lowest BCUT2D eigenvalue weighted by Crippen LogP contribution is -2.12. The van der Waals surface area contributed by atoms with Crippen LogP contribution in [0, 0.1) is 20.8 Å². The van der Waals surface area contributed by atoms with Gasteiger partial charge in [-0.2, -0.15) is 5.10 Å². The summed E-state index contributed by atoms with van der Waals surface area (Å²) in [6, 6.07) is 14.7. The van der Waals surface area contributed by atoms with Crippen LogP contribution in [0.5, 0.6) is 11.6 Å². The van der Waals surface area contributed by atoms with Crippen LogP contribution in [0.25, 0.3) is 5.69 Å². The lowest BCUT2D eigenvalue weighted by molar-refractivity contribution is 0.0722. The molecule has 0 atom stereocenters. The van der Waals surface area contributed by atoms with Crippen LogP contribution in [-0.2, 0) is 0 Å². The van der Waals surface area contributed by atoms with E-state index in [1.54, 1.807) is 42.1 Å². The molecule has 5 nitrogen and oxygen atoms in total. The third-order valence-electron chi connectivity index (χ3n) is 3.88. The number of nitrogens with zero attached hydrogens (tertiary/aromatic N) is 2. The summed E-state index contributed by atoms with van der Waals surface area (Å²) in [6.07, 6.45) is 0. The van der Waals surface area contributed by atoms with Crippen molar-refractivity contribution in [1.29, 1.82) is 0 Å². The van der Waals surface area contributed by atoms with Gasteiger partial charge in [0.15, 0.2) is 0 Å². The van der Waals surface area contributed by atoms with Gasteiger partial charge in [-0.1, -0.05) is 23.8 Å². The molecule has 25 heavy (non-hydrogen) atoms. The Kier molecular flexibility index (Phi) is 4.57. The average Bonchev–Trinajstić information content (AvgIpc) is 2.95. The molecule has 1 heterocycles. The number of hydrogen-bond donors (Lipinski definition) is 0. The Morgan fingerprint density at radius 2 is 1.84 bits per heavy atom. The van der Waals surface area contributed by atoms with Crippen LogP contribution in [0.1, 0.15) is 27.2 Å². The zero-order valence-electron chi connectivity index (χ0n) is 14.7. The predicted octanol–water partition coefficient (Wildman–Crippen LogP) is 4.03. The van der Waals surface area contributed by atoms with Gasteiger partial charge in [-0.05, 0) is 50.6 Å². The number of carbonyl (C=O) groups excluding carboxylic acids is 1. The van der Waals surface area contributed by atoms with Gasteiger partial charge in [-0.15, -0.1) is 0 Å². The van der Waals surface area contributed by atoms with E-state index in [9.17, 15) is 4.79 Å². The van der Waals surface area contributed by atoms with Crippen molar-refractivity contribution < 1.29 is 14.3 Å². The first-order chi connectivity index (χ1) is 12.0. The maximum atomic E-state index is 12.5. The van der Waals surface area contributed by atoms with Crippen LogP contribution < -0.4 is 9.47 Å². The van der Waals surface area contributed by atoms with Crippen molar-refractivity contribution in [3.8, 4) is 17.3 Å². The first-order valence-corrected chi connectivity index (χ1v) is 7.98. The number of hydrogen-bond acceptors (Lipinski definition) is 4. The summed E-state index contributed by atoms with van der Waals surface area (Å²) >= 11 is 0. The third-order valence-corrected chi connectivity index (χ3v) is 3.88. The molecule has 3 rings (SSSR count). The van der Waals surface area contributed by atoms with Gasteiger partial charge in [-0.3, -0.25) is 0 Å². The smallest absolute Gasteiger partial charge is 0.344 e. The van der Waals surface area contributed by atoms with Crippen LogP contribution in [0.2, 0.25) is 0 Å². The minimum atomic E-state index is -0.454. The second-order valence-corrected chi connectivity index (χ2v) is 5.95. The Morgan fingerprint density at radius 1 is 1.04 bits per heavy atom. The molecule has 128 valence electrons. The van der Waals surface area contributed by atoms with Crippen LogP contribution in [0.15, 0.2) is 48.5 Å². The fourth-order valence-electron chi connectivity index (χ4n) is 2.67. The van der Waals surface area contributed by atoms with Gasteiger partial charge in [0.1, 0.15) is 5.75 Å². The Morgan fingerprint density at radius 3 is 2.56 bits per heavy atom. The molecule has 3 aromatic rings. The summed E-state index contributed by atoms with van der Waals surface area (Å²) in [6.45, 7) is 5.91. The maximum Gasteiger partial charge on any atom is 0.344 e. The molecule has 2 aromatic carbocycles. The van der Waals surface area contributed by atoms with Crippen molar-refractivity contribution in [3.05, 3.63) is 70.9 Å². The highest BCUT2D eigenvalue weighted by Crippen LogP contribution is 2.24. The standard InChI is InChI=1S/C20H20N2O3/c1-13-8-9-18(14(2)10-13)22-19(11-15(3)21-22)25-20(23)16-6-5-7-17(12-16)24-4/h5-12H,1-4H3. The molecule has 0 radical (unpaired) electrons.